The Bertz CT molecular complexity index is 1140. The molecule has 1 amide bonds. The molecule has 0 saturated heterocycles. The molecule has 4 rings (SSSR count). The van der Waals surface area contributed by atoms with Crippen molar-refractivity contribution in [2.45, 2.75) is 19.4 Å². The molecule has 0 spiro atoms. The van der Waals surface area contributed by atoms with Gasteiger partial charge in [0, 0.05) is 11.3 Å². The molecular weight excluding hydrogens is 386 g/mol. The minimum Gasteiger partial charge on any atom is -0.478 e. The van der Waals surface area contributed by atoms with E-state index in [4.69, 9.17) is 16.3 Å². The van der Waals surface area contributed by atoms with Gasteiger partial charge in [0.2, 0.25) is 0 Å². The van der Waals surface area contributed by atoms with E-state index in [1.54, 1.807) is 32.0 Å². The summed E-state index contributed by atoms with van der Waals surface area (Å²) in [6.45, 7) is 3.46. The highest BCUT2D eigenvalue weighted by Gasteiger charge is 2.30. The predicted molar refractivity (Wildman–Crippen MR) is 116 cm³/mol. The molecule has 0 fully saturated rings. The van der Waals surface area contributed by atoms with Crippen LogP contribution in [0.25, 0.3) is 22.4 Å². The van der Waals surface area contributed by atoms with E-state index < -0.39 is 5.60 Å². The van der Waals surface area contributed by atoms with Crippen LogP contribution >= 0.6 is 11.6 Å². The number of imidazole rings is 1. The molecule has 29 heavy (non-hydrogen) atoms. The molecule has 2 N–H and O–H groups in total. The van der Waals surface area contributed by atoms with Gasteiger partial charge in [-0.25, -0.2) is 4.98 Å². The number of rotatable bonds is 5. The summed E-state index contributed by atoms with van der Waals surface area (Å²) in [6.07, 6.45) is 0. The number of ether oxygens (including phenoxy) is 1. The lowest BCUT2D eigenvalue weighted by Gasteiger charge is -2.25. The number of para-hydroxylation sites is 3. The van der Waals surface area contributed by atoms with Crippen molar-refractivity contribution in [1.29, 1.82) is 0 Å². The maximum Gasteiger partial charge on any atom is 0.267 e. The summed E-state index contributed by atoms with van der Waals surface area (Å²) in [4.78, 5) is 20.7. The summed E-state index contributed by atoms with van der Waals surface area (Å²) < 4.78 is 5.86. The second kappa shape index (κ2) is 7.60. The molecule has 1 heterocycles. The quantitative estimate of drug-likeness (QED) is 0.449. The summed E-state index contributed by atoms with van der Waals surface area (Å²) in [5.74, 6) is 1.01. The maximum atomic E-state index is 12.8. The lowest BCUT2D eigenvalue weighted by atomic mass is 10.1. The van der Waals surface area contributed by atoms with Gasteiger partial charge in [-0.1, -0.05) is 41.9 Å². The Morgan fingerprint density at radius 1 is 1.03 bits per heavy atom. The van der Waals surface area contributed by atoms with Crippen molar-refractivity contribution in [2.24, 2.45) is 0 Å². The second-order valence-electron chi connectivity index (χ2n) is 7.18. The van der Waals surface area contributed by atoms with Gasteiger partial charge in [-0.15, -0.1) is 0 Å². The molecule has 0 atom stereocenters. The van der Waals surface area contributed by atoms with Gasteiger partial charge in [-0.3, -0.25) is 4.79 Å². The second-order valence-corrected chi connectivity index (χ2v) is 7.58. The maximum absolute atomic E-state index is 12.8. The Labute approximate surface area is 173 Å². The average Bonchev–Trinajstić information content (AvgIpc) is 3.14. The molecule has 5 nitrogen and oxygen atoms in total. The van der Waals surface area contributed by atoms with Crippen LogP contribution in [0.15, 0.2) is 72.8 Å². The molecule has 0 unspecified atom stereocenters. The first-order valence-corrected chi connectivity index (χ1v) is 9.60. The number of aromatic nitrogens is 2. The third kappa shape index (κ3) is 4.10. The smallest absolute Gasteiger partial charge is 0.267 e. The van der Waals surface area contributed by atoms with Gasteiger partial charge < -0.3 is 15.0 Å². The molecule has 4 aromatic rings. The number of fused-ring (bicyclic) bond motifs is 1. The third-order valence-corrected chi connectivity index (χ3v) is 4.86. The molecule has 6 heteroatoms. The van der Waals surface area contributed by atoms with E-state index in [0.29, 0.717) is 27.8 Å². The predicted octanol–water partition coefficient (Wildman–Crippen LogP) is 5.68. The number of nitrogens with one attached hydrogen (secondary N) is 2. The first-order chi connectivity index (χ1) is 13.9. The molecule has 0 aliphatic carbocycles. The molecule has 146 valence electrons. The van der Waals surface area contributed by atoms with Gasteiger partial charge in [-0.05, 0) is 56.3 Å². The number of anilines is 1. The number of amides is 1. The van der Waals surface area contributed by atoms with Gasteiger partial charge in [0.05, 0.1) is 16.1 Å². The van der Waals surface area contributed by atoms with E-state index in [2.05, 4.69) is 15.3 Å². The lowest BCUT2D eigenvalue weighted by molar-refractivity contribution is -0.128. The molecule has 1 aromatic heterocycles. The van der Waals surface area contributed by atoms with Crippen LogP contribution in [0.5, 0.6) is 5.75 Å². The van der Waals surface area contributed by atoms with E-state index in [-0.39, 0.29) is 5.91 Å². The van der Waals surface area contributed by atoms with Crippen molar-refractivity contribution >= 4 is 34.2 Å². The Hall–Kier alpha value is -3.31. The Morgan fingerprint density at radius 2 is 1.76 bits per heavy atom. The number of nitrogens with zero attached hydrogens (tertiary/aromatic N) is 1. The number of hydrogen-bond donors (Lipinski definition) is 2. The monoisotopic (exact) mass is 405 g/mol. The van der Waals surface area contributed by atoms with E-state index in [9.17, 15) is 4.79 Å². The number of aromatic amines is 1. The summed E-state index contributed by atoms with van der Waals surface area (Å²) >= 11 is 6.39. The fourth-order valence-electron chi connectivity index (χ4n) is 2.98. The number of carbonyl (C=O) groups is 1. The SMILES string of the molecule is CC(C)(Oc1ccccc1)C(=O)Nc1ccc(Cl)c(-c2nc3ccccc3[nH]2)c1. The van der Waals surface area contributed by atoms with Crippen LogP contribution in [-0.2, 0) is 4.79 Å². The van der Waals surface area contributed by atoms with Crippen LogP contribution in [0, 0.1) is 0 Å². The molecule has 0 aliphatic rings. The summed E-state index contributed by atoms with van der Waals surface area (Å²) in [7, 11) is 0. The highest BCUT2D eigenvalue weighted by atomic mass is 35.5. The number of benzene rings is 3. The van der Waals surface area contributed by atoms with Gasteiger partial charge in [0.1, 0.15) is 11.6 Å². The number of hydrogen-bond acceptors (Lipinski definition) is 3. The van der Waals surface area contributed by atoms with Gasteiger partial charge in [0.25, 0.3) is 5.91 Å². The zero-order valence-electron chi connectivity index (χ0n) is 16.1. The zero-order chi connectivity index (χ0) is 20.4. The van der Waals surface area contributed by atoms with Crippen molar-refractivity contribution < 1.29 is 9.53 Å². The molecule has 3 aromatic carbocycles. The van der Waals surface area contributed by atoms with Crippen molar-refractivity contribution in [3.63, 3.8) is 0 Å². The number of carbonyl (C=O) groups excluding carboxylic acids is 1. The van der Waals surface area contributed by atoms with E-state index >= 15 is 0 Å². The molecular formula is C23H20ClN3O2. The molecule has 0 saturated carbocycles. The Balaban J connectivity index is 1.58. The van der Waals surface area contributed by atoms with Crippen molar-refractivity contribution in [3.05, 3.63) is 77.8 Å². The van der Waals surface area contributed by atoms with Crippen LogP contribution < -0.4 is 10.1 Å². The first-order valence-electron chi connectivity index (χ1n) is 9.22. The first kappa shape index (κ1) is 19.0. The summed E-state index contributed by atoms with van der Waals surface area (Å²) in [6, 6.07) is 22.3. The van der Waals surface area contributed by atoms with Crippen molar-refractivity contribution in [1.82, 2.24) is 9.97 Å². The Kier molecular flexibility index (Phi) is 4.99. The van der Waals surface area contributed by atoms with Gasteiger partial charge in [0.15, 0.2) is 5.60 Å². The van der Waals surface area contributed by atoms with Crippen molar-refractivity contribution in [2.75, 3.05) is 5.32 Å². The van der Waals surface area contributed by atoms with Gasteiger partial charge >= 0.3 is 0 Å². The lowest BCUT2D eigenvalue weighted by Crippen LogP contribution is -2.42. The highest BCUT2D eigenvalue weighted by molar-refractivity contribution is 6.33. The topological polar surface area (TPSA) is 67.0 Å². The highest BCUT2D eigenvalue weighted by Crippen LogP contribution is 2.30. The number of H-pyrrole nitrogens is 1. The van der Waals surface area contributed by atoms with E-state index in [1.165, 1.54) is 0 Å². The largest absolute Gasteiger partial charge is 0.478 e. The van der Waals surface area contributed by atoms with Crippen molar-refractivity contribution in [3.8, 4) is 17.1 Å². The normalized spacial score (nSPS) is 11.4. The minimum atomic E-state index is -1.06. The zero-order valence-corrected chi connectivity index (χ0v) is 16.8. The van der Waals surface area contributed by atoms with Crippen LogP contribution in [0.4, 0.5) is 5.69 Å². The standard InChI is InChI=1S/C23H20ClN3O2/c1-23(2,29-16-8-4-3-5-9-16)22(28)25-15-12-13-18(24)17(14-15)21-26-19-10-6-7-11-20(19)27-21/h3-14H,1-2H3,(H,25,28)(H,26,27). The van der Waals surface area contributed by atoms with Crippen LogP contribution in [0.1, 0.15) is 13.8 Å². The molecule has 0 aliphatic heterocycles. The van der Waals surface area contributed by atoms with E-state index in [0.717, 1.165) is 11.0 Å². The summed E-state index contributed by atoms with van der Waals surface area (Å²) in [5, 5.41) is 3.45. The fraction of sp³-hybridized carbons (Fsp3) is 0.130. The van der Waals surface area contributed by atoms with E-state index in [1.807, 2.05) is 54.6 Å². The fourth-order valence-corrected chi connectivity index (χ4v) is 3.18. The van der Waals surface area contributed by atoms with Crippen LogP contribution in [-0.4, -0.2) is 21.5 Å². The average molecular weight is 406 g/mol. The van der Waals surface area contributed by atoms with Crippen LogP contribution in [0.2, 0.25) is 5.02 Å². The number of halogens is 1. The Morgan fingerprint density at radius 3 is 2.52 bits per heavy atom. The van der Waals surface area contributed by atoms with Crippen LogP contribution in [0.3, 0.4) is 0 Å². The third-order valence-electron chi connectivity index (χ3n) is 4.53. The minimum absolute atomic E-state index is 0.265. The van der Waals surface area contributed by atoms with Gasteiger partial charge in [-0.2, -0.15) is 0 Å². The molecule has 0 bridgehead atoms. The summed E-state index contributed by atoms with van der Waals surface area (Å²) in [5.41, 5.74) is 2.04. The molecule has 0 radical (unpaired) electrons.